The van der Waals surface area contributed by atoms with Crippen molar-refractivity contribution in [2.45, 2.75) is 37.0 Å². The van der Waals surface area contributed by atoms with Crippen LogP contribution in [0.3, 0.4) is 0 Å². The van der Waals surface area contributed by atoms with Crippen molar-refractivity contribution in [2.24, 2.45) is 0 Å². The predicted molar refractivity (Wildman–Crippen MR) is 118 cm³/mol. The number of aliphatic hydroxyl groups is 2. The number of rotatable bonds is 11. The predicted octanol–water partition coefficient (Wildman–Crippen LogP) is 3.07. The molecular weight excluding hydrogens is 552 g/mol. The Morgan fingerprint density at radius 2 is 2.00 bits per heavy atom. The van der Waals surface area contributed by atoms with Gasteiger partial charge in [-0.05, 0) is 67.0 Å². The lowest BCUT2D eigenvalue weighted by atomic mass is 10.2. The van der Waals surface area contributed by atoms with Gasteiger partial charge in [0.25, 0.3) is 0 Å². The normalized spacial score (nSPS) is 18.1. The largest absolute Gasteiger partial charge is 0.394 e. The van der Waals surface area contributed by atoms with Crippen LogP contribution in [0.5, 0.6) is 0 Å². The molecule has 1 aromatic carbocycles. The van der Waals surface area contributed by atoms with Gasteiger partial charge < -0.3 is 20.3 Å². The molecule has 0 radical (unpaired) electrons. The number of hydrogen-bond donors (Lipinski definition) is 4. The molecule has 12 heteroatoms. The molecule has 4 N–H and O–H groups in total. The molecule has 0 spiro atoms. The molecule has 1 aliphatic rings. The van der Waals surface area contributed by atoms with Crippen LogP contribution in [-0.4, -0.2) is 49.8 Å². The summed E-state index contributed by atoms with van der Waals surface area (Å²) in [5, 5.41) is 21.2. The minimum atomic E-state index is -4.19. The maximum absolute atomic E-state index is 14.7. The van der Waals surface area contributed by atoms with Crippen LogP contribution in [0.25, 0.3) is 0 Å². The lowest BCUT2D eigenvalue weighted by molar-refractivity contribution is 0.0857. The van der Waals surface area contributed by atoms with Crippen LogP contribution in [0.15, 0.2) is 41.2 Å². The number of methoxy groups -OCH3 is 1. The number of halogens is 4. The molecule has 1 saturated carbocycles. The highest BCUT2D eigenvalue weighted by Crippen LogP contribution is 2.47. The van der Waals surface area contributed by atoms with Gasteiger partial charge >= 0.3 is 0 Å². The molecule has 1 atom stereocenters. The van der Waals surface area contributed by atoms with Gasteiger partial charge in [0, 0.05) is 10.7 Å². The van der Waals surface area contributed by atoms with Gasteiger partial charge in [0.15, 0.2) is 5.83 Å². The molecule has 0 heterocycles. The van der Waals surface area contributed by atoms with E-state index >= 15 is 0 Å². The molecule has 0 aliphatic heterocycles. The summed E-state index contributed by atoms with van der Waals surface area (Å²) in [4.78, 5) is 0. The fourth-order valence-corrected chi connectivity index (χ4v) is 5.15. The van der Waals surface area contributed by atoms with Crippen LogP contribution in [0.1, 0.15) is 26.2 Å². The van der Waals surface area contributed by atoms with E-state index in [2.05, 4.69) is 10.0 Å². The second-order valence-corrected chi connectivity index (χ2v) is 10.5. The molecule has 31 heavy (non-hydrogen) atoms. The number of sulfonamides is 1. The Morgan fingerprint density at radius 3 is 2.48 bits per heavy atom. The third kappa shape index (κ3) is 6.34. The van der Waals surface area contributed by atoms with Crippen LogP contribution in [0.2, 0.25) is 0 Å². The second kappa shape index (κ2) is 10.5. The number of hydrogen-bond acceptors (Lipinski definition) is 6. The van der Waals surface area contributed by atoms with E-state index < -0.39 is 57.3 Å². The minimum Gasteiger partial charge on any atom is -0.394 e. The summed E-state index contributed by atoms with van der Waals surface area (Å²) in [6, 6.07) is 4.00. The van der Waals surface area contributed by atoms with E-state index in [-0.39, 0.29) is 30.6 Å². The van der Waals surface area contributed by atoms with E-state index in [9.17, 15) is 26.7 Å². The molecule has 1 unspecified atom stereocenters. The van der Waals surface area contributed by atoms with Gasteiger partial charge in [-0.1, -0.05) is 0 Å². The number of ether oxygens (including phenoxy) is 1. The molecule has 0 aromatic heterocycles. The van der Waals surface area contributed by atoms with Crippen molar-refractivity contribution in [2.75, 3.05) is 25.6 Å². The SMILES string of the molecule is COC/C(NS(=O)(=O)C1(CC(O)CO)CC1)=C(Nc1ccc(I)cc1F)\C(F)=C(/C)F. The summed E-state index contributed by atoms with van der Waals surface area (Å²) >= 11 is 1.88. The van der Waals surface area contributed by atoms with E-state index in [0.717, 1.165) is 6.92 Å². The third-order valence-corrected chi connectivity index (χ3v) is 7.66. The molecule has 0 saturated heterocycles. The van der Waals surface area contributed by atoms with Gasteiger partial charge in [-0.3, -0.25) is 4.72 Å². The zero-order chi connectivity index (χ0) is 23.4. The maximum Gasteiger partial charge on any atom is 0.238 e. The molecule has 0 amide bonds. The molecule has 2 rings (SSSR count). The Labute approximate surface area is 192 Å². The topological polar surface area (TPSA) is 108 Å². The van der Waals surface area contributed by atoms with Crippen LogP contribution in [-0.2, 0) is 14.8 Å². The van der Waals surface area contributed by atoms with Crippen molar-refractivity contribution in [3.63, 3.8) is 0 Å². The van der Waals surface area contributed by atoms with Crippen LogP contribution >= 0.6 is 22.6 Å². The lowest BCUT2D eigenvalue weighted by Crippen LogP contribution is -2.40. The highest BCUT2D eigenvalue weighted by molar-refractivity contribution is 14.1. The highest BCUT2D eigenvalue weighted by atomic mass is 127. The molecule has 174 valence electrons. The monoisotopic (exact) mass is 576 g/mol. The van der Waals surface area contributed by atoms with Crippen LogP contribution in [0.4, 0.5) is 18.9 Å². The van der Waals surface area contributed by atoms with Gasteiger partial charge in [-0.15, -0.1) is 0 Å². The van der Waals surface area contributed by atoms with E-state index in [1.165, 1.54) is 25.3 Å². The van der Waals surface area contributed by atoms with Gasteiger partial charge in [-0.2, -0.15) is 0 Å². The number of nitrogens with one attached hydrogen (secondary N) is 2. The number of benzene rings is 1. The molecule has 7 nitrogen and oxygen atoms in total. The Bertz CT molecular complexity index is 977. The van der Waals surface area contributed by atoms with Crippen molar-refractivity contribution >= 4 is 38.3 Å². The van der Waals surface area contributed by atoms with Crippen LogP contribution < -0.4 is 10.0 Å². The highest BCUT2D eigenvalue weighted by Gasteiger charge is 2.55. The Balaban J connectivity index is 2.51. The lowest BCUT2D eigenvalue weighted by Gasteiger charge is -2.23. The molecule has 1 aromatic rings. The number of allylic oxidation sites excluding steroid dienone is 2. The summed E-state index contributed by atoms with van der Waals surface area (Å²) in [5.74, 6) is -3.43. The van der Waals surface area contributed by atoms with Crippen molar-refractivity contribution < 1.29 is 36.5 Å². The van der Waals surface area contributed by atoms with Crippen LogP contribution in [0, 0.1) is 9.39 Å². The van der Waals surface area contributed by atoms with E-state index in [1.807, 2.05) is 22.6 Å². The zero-order valence-electron chi connectivity index (χ0n) is 16.9. The van der Waals surface area contributed by atoms with E-state index in [0.29, 0.717) is 3.57 Å². The first-order valence-corrected chi connectivity index (χ1v) is 11.8. The first-order valence-electron chi connectivity index (χ1n) is 9.24. The van der Waals surface area contributed by atoms with Gasteiger partial charge in [0.1, 0.15) is 17.3 Å². The van der Waals surface area contributed by atoms with Crippen molar-refractivity contribution in [3.8, 4) is 0 Å². The van der Waals surface area contributed by atoms with E-state index in [4.69, 9.17) is 9.84 Å². The Kier molecular flexibility index (Phi) is 8.78. The molecular formula is C19H24F3IN2O5S. The molecule has 1 aliphatic carbocycles. The second-order valence-electron chi connectivity index (χ2n) is 7.21. The summed E-state index contributed by atoms with van der Waals surface area (Å²) in [6.07, 6.45) is -1.05. The van der Waals surface area contributed by atoms with Gasteiger partial charge in [0.2, 0.25) is 10.0 Å². The standard InChI is InChI=1S/C19H24F3IN2O5S/c1-11(20)17(22)18(24-15-4-3-12(23)7-14(15)21)16(10-30-2)25-31(28,29)19(5-6-19)8-13(27)9-26/h3-4,7,13,24-27H,5-6,8-10H2,1-2H3/b17-11-,18-16-. The first kappa shape index (κ1) is 25.9. The van der Waals surface area contributed by atoms with Gasteiger partial charge in [-0.25, -0.2) is 21.6 Å². The van der Waals surface area contributed by atoms with Crippen molar-refractivity contribution in [1.29, 1.82) is 0 Å². The fraction of sp³-hybridized carbons (Fsp3) is 0.474. The zero-order valence-corrected chi connectivity index (χ0v) is 19.9. The summed E-state index contributed by atoms with van der Waals surface area (Å²) in [7, 11) is -2.97. The summed E-state index contributed by atoms with van der Waals surface area (Å²) in [6.45, 7) is -0.248. The summed E-state index contributed by atoms with van der Waals surface area (Å²) < 4.78 is 75.1. The molecule has 0 bridgehead atoms. The van der Waals surface area contributed by atoms with E-state index in [1.54, 1.807) is 0 Å². The summed E-state index contributed by atoms with van der Waals surface area (Å²) in [5.41, 5.74) is -1.21. The Morgan fingerprint density at radius 1 is 1.35 bits per heavy atom. The number of aliphatic hydroxyl groups excluding tert-OH is 2. The smallest absolute Gasteiger partial charge is 0.238 e. The number of anilines is 1. The minimum absolute atomic E-state index is 0.198. The van der Waals surface area contributed by atoms with Crippen molar-refractivity contribution in [3.05, 3.63) is 50.6 Å². The van der Waals surface area contributed by atoms with Crippen molar-refractivity contribution in [1.82, 2.24) is 4.72 Å². The quantitative estimate of drug-likeness (QED) is 0.239. The Hall–Kier alpha value is -1.35. The molecule has 1 fully saturated rings. The first-order chi connectivity index (χ1) is 14.5. The average molecular weight is 576 g/mol. The third-order valence-electron chi connectivity index (χ3n) is 4.76. The fourth-order valence-electron chi connectivity index (χ4n) is 2.94. The van der Waals surface area contributed by atoms with Gasteiger partial charge in [0.05, 0.1) is 35.4 Å². The maximum atomic E-state index is 14.7. The average Bonchev–Trinajstić information content (AvgIpc) is 3.47.